The summed E-state index contributed by atoms with van der Waals surface area (Å²) >= 11 is 0. The number of likely N-dealkylation sites (tertiary alicyclic amines) is 1. The molecule has 1 aliphatic rings. The number of piperidine rings is 1. The van der Waals surface area contributed by atoms with Crippen LogP contribution in [0.2, 0.25) is 0 Å². The van der Waals surface area contributed by atoms with Crippen LogP contribution in [0.3, 0.4) is 0 Å². The number of rotatable bonds is 6. The van der Waals surface area contributed by atoms with Crippen molar-refractivity contribution in [3.05, 3.63) is 11.7 Å². The van der Waals surface area contributed by atoms with E-state index in [0.29, 0.717) is 44.2 Å². The van der Waals surface area contributed by atoms with Crippen molar-refractivity contribution in [3.63, 3.8) is 0 Å². The minimum Gasteiger partial charge on any atom is -0.383 e. The molecule has 1 aromatic heterocycles. The molecule has 0 aliphatic carbocycles. The van der Waals surface area contributed by atoms with Crippen LogP contribution in [0.5, 0.6) is 0 Å². The Hall–Kier alpha value is -1.15. The minimum absolute atomic E-state index is 0.321. The van der Waals surface area contributed by atoms with Crippen LogP contribution in [-0.4, -0.2) is 45.5 Å². The second kappa shape index (κ2) is 7.41. The molecule has 1 saturated heterocycles. The number of nitrogens with zero attached hydrogens (tertiary/aromatic N) is 3. The van der Waals surface area contributed by atoms with Crippen LogP contribution in [0, 0.1) is 5.92 Å². The van der Waals surface area contributed by atoms with E-state index in [4.69, 9.17) is 4.52 Å². The highest BCUT2D eigenvalue weighted by molar-refractivity contribution is 4.89. The lowest BCUT2D eigenvalue weighted by Gasteiger charge is -2.34. The number of aryl methyl sites for hydroxylation is 1. The first kappa shape index (κ1) is 17.2. The maximum absolute atomic E-state index is 12.5. The van der Waals surface area contributed by atoms with Gasteiger partial charge in [-0.25, -0.2) is 0 Å². The van der Waals surface area contributed by atoms with E-state index in [1.165, 1.54) is 0 Å². The van der Waals surface area contributed by atoms with Crippen molar-refractivity contribution >= 4 is 0 Å². The number of alkyl halides is 3. The molecule has 1 unspecified atom stereocenters. The Kier molecular flexibility index (Phi) is 5.80. The number of aromatic nitrogens is 2. The van der Waals surface area contributed by atoms with Gasteiger partial charge in [-0.2, -0.15) is 18.2 Å². The van der Waals surface area contributed by atoms with Gasteiger partial charge in [-0.15, -0.1) is 0 Å². The third-order valence-corrected chi connectivity index (χ3v) is 4.03. The Morgan fingerprint density at radius 2 is 2.05 bits per heavy atom. The lowest BCUT2D eigenvalue weighted by atomic mass is 9.91. The monoisotopic (exact) mass is 321 g/mol. The number of hydrogen-bond donors (Lipinski definition) is 1. The third kappa shape index (κ3) is 4.67. The first-order valence-electron chi connectivity index (χ1n) is 7.68. The van der Waals surface area contributed by atoms with Crippen LogP contribution in [0.25, 0.3) is 0 Å². The van der Waals surface area contributed by atoms with E-state index < -0.39 is 18.2 Å². The fraction of sp³-hybridized carbons (Fsp3) is 0.857. The Labute approximate surface area is 127 Å². The largest absolute Gasteiger partial charge is 0.414 e. The Balaban J connectivity index is 1.79. The van der Waals surface area contributed by atoms with Crippen molar-refractivity contribution in [2.45, 2.75) is 57.9 Å². The van der Waals surface area contributed by atoms with E-state index in [0.717, 1.165) is 19.3 Å². The molecule has 0 amide bonds. The highest BCUT2D eigenvalue weighted by Crippen LogP contribution is 2.31. The minimum atomic E-state index is -4.53. The summed E-state index contributed by atoms with van der Waals surface area (Å²) in [6.07, 6.45) is -3.32. The summed E-state index contributed by atoms with van der Waals surface area (Å²) in [4.78, 5) is 6.28. The zero-order chi connectivity index (χ0) is 16.2. The Bertz CT molecular complexity index is 456. The number of unbranched alkanes of at least 4 members (excludes halogenated alkanes) is 1. The van der Waals surface area contributed by atoms with Crippen molar-refractivity contribution in [1.29, 1.82) is 0 Å². The summed E-state index contributed by atoms with van der Waals surface area (Å²) in [5.74, 6) is 0.460. The van der Waals surface area contributed by atoms with Gasteiger partial charge < -0.3 is 9.63 Å². The quantitative estimate of drug-likeness (QED) is 0.872. The average Bonchev–Trinajstić information content (AvgIpc) is 2.92. The molecule has 0 spiro atoms. The van der Waals surface area contributed by atoms with E-state index in [-0.39, 0.29) is 0 Å². The fourth-order valence-corrected chi connectivity index (χ4v) is 2.68. The van der Waals surface area contributed by atoms with Gasteiger partial charge >= 0.3 is 6.18 Å². The van der Waals surface area contributed by atoms with Crippen molar-refractivity contribution < 1.29 is 22.8 Å². The predicted octanol–water partition coefficient (Wildman–Crippen LogP) is 2.55. The molecule has 0 saturated carbocycles. The summed E-state index contributed by atoms with van der Waals surface area (Å²) in [5, 5.41) is 13.2. The zero-order valence-electron chi connectivity index (χ0n) is 12.6. The van der Waals surface area contributed by atoms with Gasteiger partial charge in [0.1, 0.15) is 0 Å². The summed E-state index contributed by atoms with van der Waals surface area (Å²) in [7, 11) is 0. The number of halogens is 3. The van der Waals surface area contributed by atoms with Gasteiger partial charge in [0.15, 0.2) is 11.9 Å². The van der Waals surface area contributed by atoms with Crippen molar-refractivity contribution in [2.75, 3.05) is 13.1 Å². The third-order valence-electron chi connectivity index (χ3n) is 4.03. The fourth-order valence-electron chi connectivity index (χ4n) is 2.68. The van der Waals surface area contributed by atoms with Crippen molar-refractivity contribution in [3.8, 4) is 0 Å². The number of hydrogen-bond acceptors (Lipinski definition) is 5. The van der Waals surface area contributed by atoms with E-state index in [1.807, 2.05) is 4.90 Å². The second-order valence-corrected chi connectivity index (χ2v) is 5.81. The normalized spacial score (nSPS) is 19.5. The SMILES string of the molecule is CCCCc1nc(CN2CCC(C(O)C(F)(F)F)CC2)no1. The molecule has 8 heteroatoms. The van der Waals surface area contributed by atoms with Crippen molar-refractivity contribution in [2.24, 2.45) is 5.92 Å². The van der Waals surface area contributed by atoms with Gasteiger partial charge in [0.2, 0.25) is 5.89 Å². The summed E-state index contributed by atoms with van der Waals surface area (Å²) in [6, 6.07) is 0. The molecule has 0 aromatic carbocycles. The maximum atomic E-state index is 12.5. The molecule has 1 atom stereocenters. The molecular formula is C14H22F3N3O2. The Morgan fingerprint density at radius 3 is 2.64 bits per heavy atom. The van der Waals surface area contributed by atoms with Gasteiger partial charge in [0.25, 0.3) is 0 Å². The predicted molar refractivity (Wildman–Crippen MR) is 73.0 cm³/mol. The lowest BCUT2D eigenvalue weighted by molar-refractivity contribution is -0.223. The molecule has 1 aromatic rings. The van der Waals surface area contributed by atoms with Crippen LogP contribution in [0.1, 0.15) is 44.3 Å². The summed E-state index contributed by atoms with van der Waals surface area (Å²) < 4.78 is 42.6. The molecule has 0 bridgehead atoms. The molecule has 1 aliphatic heterocycles. The second-order valence-electron chi connectivity index (χ2n) is 5.81. The van der Waals surface area contributed by atoms with Crippen LogP contribution >= 0.6 is 0 Å². The first-order chi connectivity index (χ1) is 10.4. The summed E-state index contributed by atoms with van der Waals surface area (Å²) in [6.45, 7) is 3.55. The van der Waals surface area contributed by atoms with Crippen LogP contribution in [0.4, 0.5) is 13.2 Å². The van der Waals surface area contributed by atoms with Gasteiger partial charge in [0.05, 0.1) is 6.54 Å². The zero-order valence-corrected chi connectivity index (χ0v) is 12.6. The van der Waals surface area contributed by atoms with Crippen molar-refractivity contribution in [1.82, 2.24) is 15.0 Å². The molecule has 1 N–H and O–H groups in total. The van der Waals surface area contributed by atoms with E-state index in [9.17, 15) is 18.3 Å². The van der Waals surface area contributed by atoms with Gasteiger partial charge in [-0.3, -0.25) is 4.90 Å². The number of aliphatic hydroxyl groups excluding tert-OH is 1. The molecule has 5 nitrogen and oxygen atoms in total. The van der Waals surface area contributed by atoms with Gasteiger partial charge in [-0.1, -0.05) is 18.5 Å². The molecule has 2 rings (SSSR count). The first-order valence-corrected chi connectivity index (χ1v) is 7.68. The molecule has 22 heavy (non-hydrogen) atoms. The molecule has 0 radical (unpaired) electrons. The molecule has 126 valence electrons. The van der Waals surface area contributed by atoms with Gasteiger partial charge in [0, 0.05) is 6.42 Å². The standard InChI is InChI=1S/C14H22F3N3O2/c1-2-3-4-12-18-11(19-22-12)9-20-7-5-10(6-8-20)13(21)14(15,16)17/h10,13,21H,2-9H2,1H3. The highest BCUT2D eigenvalue weighted by Gasteiger charge is 2.44. The molecular weight excluding hydrogens is 299 g/mol. The van der Waals surface area contributed by atoms with Crippen LogP contribution < -0.4 is 0 Å². The van der Waals surface area contributed by atoms with Crippen LogP contribution in [0.15, 0.2) is 4.52 Å². The average molecular weight is 321 g/mol. The smallest absolute Gasteiger partial charge is 0.383 e. The topological polar surface area (TPSA) is 62.4 Å². The molecule has 1 fully saturated rings. The Morgan fingerprint density at radius 1 is 1.36 bits per heavy atom. The van der Waals surface area contributed by atoms with Crippen LogP contribution in [-0.2, 0) is 13.0 Å². The number of aliphatic hydroxyl groups is 1. The highest BCUT2D eigenvalue weighted by atomic mass is 19.4. The summed E-state index contributed by atoms with van der Waals surface area (Å²) in [5.41, 5.74) is 0. The van der Waals surface area contributed by atoms with Gasteiger partial charge in [-0.05, 0) is 38.3 Å². The van der Waals surface area contributed by atoms with E-state index >= 15 is 0 Å². The van der Waals surface area contributed by atoms with E-state index in [1.54, 1.807) is 0 Å². The van der Waals surface area contributed by atoms with E-state index in [2.05, 4.69) is 17.1 Å². The molecule has 2 heterocycles. The lowest BCUT2D eigenvalue weighted by Crippen LogP contribution is -2.43. The maximum Gasteiger partial charge on any atom is 0.414 e.